The van der Waals surface area contributed by atoms with Gasteiger partial charge in [0.15, 0.2) is 0 Å². The second-order valence-corrected chi connectivity index (χ2v) is 8.33. The highest BCUT2D eigenvalue weighted by atomic mass is 35.5. The molecule has 168 valence electrons. The fourth-order valence-electron chi connectivity index (χ4n) is 3.53. The topological polar surface area (TPSA) is 82.5 Å². The normalized spacial score (nSPS) is 11.5. The summed E-state index contributed by atoms with van der Waals surface area (Å²) in [6.07, 6.45) is 3.53. The predicted molar refractivity (Wildman–Crippen MR) is 136 cm³/mol. The van der Waals surface area contributed by atoms with Crippen molar-refractivity contribution in [3.8, 4) is 22.7 Å². The molecule has 0 aliphatic carbocycles. The third-order valence-corrected chi connectivity index (χ3v) is 5.38. The minimum absolute atomic E-state index is 0.138. The maximum absolute atomic E-state index is 13.8. The number of halogens is 1. The fraction of sp³-hybridized carbons (Fsp3) is 0.192. The lowest BCUT2D eigenvalue weighted by Gasteiger charge is -2.14. The van der Waals surface area contributed by atoms with Crippen molar-refractivity contribution in [2.75, 3.05) is 12.3 Å². The molecule has 0 aliphatic rings. The molecule has 6 nitrogen and oxygen atoms in total. The van der Waals surface area contributed by atoms with E-state index in [1.165, 1.54) is 0 Å². The number of hydrogen-bond acceptors (Lipinski definition) is 5. The van der Waals surface area contributed by atoms with Crippen LogP contribution < -0.4 is 16.0 Å². The number of benzene rings is 2. The van der Waals surface area contributed by atoms with Gasteiger partial charge in [0, 0.05) is 51.9 Å². The average molecular weight is 461 g/mol. The molecule has 2 N–H and O–H groups in total. The Kier molecular flexibility index (Phi) is 6.47. The molecular formula is C26H25ClN4O2. The number of nitrogens with zero attached hydrogens (tertiary/aromatic N) is 3. The molecule has 0 fully saturated rings. The third-order valence-electron chi connectivity index (χ3n) is 5.12. The first kappa shape index (κ1) is 22.6. The van der Waals surface area contributed by atoms with E-state index >= 15 is 0 Å². The number of pyridine rings is 2. The van der Waals surface area contributed by atoms with Crippen LogP contribution in [-0.2, 0) is 0 Å². The molecule has 0 bridgehead atoms. The van der Waals surface area contributed by atoms with Crippen LogP contribution >= 0.6 is 11.6 Å². The summed E-state index contributed by atoms with van der Waals surface area (Å²) in [6.45, 7) is 6.36. The molecule has 0 saturated heterocycles. The summed E-state index contributed by atoms with van der Waals surface area (Å²) in [6, 6.07) is 16.5. The first-order valence-electron chi connectivity index (χ1n) is 10.8. The van der Waals surface area contributed by atoms with E-state index in [0.29, 0.717) is 40.0 Å². The van der Waals surface area contributed by atoms with Crippen LogP contribution in [0.15, 0.2) is 70.6 Å². The number of aliphatic imine (C=N–C) groups is 1. The zero-order chi connectivity index (χ0) is 23.5. The number of nitrogens with two attached hydrogens (primary N) is 1. The Morgan fingerprint density at radius 3 is 2.61 bits per heavy atom. The van der Waals surface area contributed by atoms with Crippen LogP contribution in [0.3, 0.4) is 0 Å². The van der Waals surface area contributed by atoms with Crippen molar-refractivity contribution >= 4 is 34.4 Å². The number of rotatable bonds is 6. The molecule has 0 amide bonds. The maximum Gasteiger partial charge on any atom is 0.265 e. The molecule has 0 spiro atoms. The second-order valence-electron chi connectivity index (χ2n) is 7.89. The van der Waals surface area contributed by atoms with Gasteiger partial charge in [-0.25, -0.2) is 4.98 Å². The quantitative estimate of drug-likeness (QED) is 0.303. The first-order valence-corrected chi connectivity index (χ1v) is 11.1. The first-order chi connectivity index (χ1) is 15.9. The fourth-order valence-corrected chi connectivity index (χ4v) is 3.65. The average Bonchev–Trinajstić information content (AvgIpc) is 2.79. The van der Waals surface area contributed by atoms with E-state index in [9.17, 15) is 4.79 Å². The van der Waals surface area contributed by atoms with Crippen LogP contribution in [0.25, 0.3) is 27.7 Å². The van der Waals surface area contributed by atoms with Crippen molar-refractivity contribution in [2.24, 2.45) is 4.99 Å². The third kappa shape index (κ3) is 4.76. The molecule has 4 aromatic rings. The summed E-state index contributed by atoms with van der Waals surface area (Å²) < 4.78 is 7.20. The van der Waals surface area contributed by atoms with Gasteiger partial charge in [-0.1, -0.05) is 23.7 Å². The summed E-state index contributed by atoms with van der Waals surface area (Å²) in [7, 11) is 0. The largest absolute Gasteiger partial charge is 0.478 e. The van der Waals surface area contributed by atoms with E-state index in [1.54, 1.807) is 41.2 Å². The van der Waals surface area contributed by atoms with Gasteiger partial charge in [-0.05, 0) is 62.7 Å². The zero-order valence-corrected chi connectivity index (χ0v) is 19.5. The molecule has 33 heavy (non-hydrogen) atoms. The Morgan fingerprint density at radius 2 is 1.91 bits per heavy atom. The zero-order valence-electron chi connectivity index (χ0n) is 18.7. The standard InChI is InChI=1S/C26H25ClN4O2/c1-4-33-23-12-7-18-15-31(21-10-11-22(28)19(13-21)14-29-16(2)3)26(32)24(25(18)30-23)17-5-8-20(27)9-6-17/h5-16H,4,28H2,1-3H3. The molecule has 7 heteroatoms. The van der Waals surface area contributed by atoms with Gasteiger partial charge in [0.05, 0.1) is 17.7 Å². The predicted octanol–water partition coefficient (Wildman–Crippen LogP) is 5.51. The Morgan fingerprint density at radius 1 is 1.15 bits per heavy atom. The summed E-state index contributed by atoms with van der Waals surface area (Å²) >= 11 is 6.09. The molecule has 2 heterocycles. The molecule has 0 saturated carbocycles. The van der Waals surface area contributed by atoms with Crippen molar-refractivity contribution < 1.29 is 4.74 Å². The van der Waals surface area contributed by atoms with Crippen LogP contribution in [0.5, 0.6) is 5.88 Å². The van der Waals surface area contributed by atoms with Crippen LogP contribution in [0.4, 0.5) is 5.69 Å². The monoisotopic (exact) mass is 460 g/mol. The molecule has 2 aromatic heterocycles. The van der Waals surface area contributed by atoms with E-state index < -0.39 is 0 Å². The summed E-state index contributed by atoms with van der Waals surface area (Å²) in [5.74, 6) is 0.469. The number of anilines is 1. The highest BCUT2D eigenvalue weighted by Crippen LogP contribution is 2.28. The van der Waals surface area contributed by atoms with Gasteiger partial charge in [0.25, 0.3) is 5.56 Å². The van der Waals surface area contributed by atoms with E-state index in [2.05, 4.69) is 9.98 Å². The number of ether oxygens (including phenoxy) is 1. The Hall–Kier alpha value is -3.64. The second kappa shape index (κ2) is 9.46. The highest BCUT2D eigenvalue weighted by molar-refractivity contribution is 6.30. The summed E-state index contributed by atoms with van der Waals surface area (Å²) in [4.78, 5) is 22.8. The molecule has 0 aliphatic heterocycles. The van der Waals surface area contributed by atoms with Crippen molar-refractivity contribution in [3.05, 3.63) is 81.7 Å². The molecule has 0 radical (unpaired) electrons. The van der Waals surface area contributed by atoms with Crippen molar-refractivity contribution in [2.45, 2.75) is 26.8 Å². The van der Waals surface area contributed by atoms with Gasteiger partial charge < -0.3 is 10.5 Å². The number of hydrogen-bond donors (Lipinski definition) is 1. The smallest absolute Gasteiger partial charge is 0.265 e. The number of aromatic nitrogens is 2. The molecule has 2 aromatic carbocycles. The highest BCUT2D eigenvalue weighted by Gasteiger charge is 2.16. The molecular weight excluding hydrogens is 436 g/mol. The minimum Gasteiger partial charge on any atom is -0.478 e. The lowest BCUT2D eigenvalue weighted by Crippen LogP contribution is -2.21. The van der Waals surface area contributed by atoms with Gasteiger partial charge in [0.2, 0.25) is 5.88 Å². The van der Waals surface area contributed by atoms with Crippen molar-refractivity contribution in [3.63, 3.8) is 0 Å². The minimum atomic E-state index is -0.206. The molecule has 4 rings (SSSR count). The van der Waals surface area contributed by atoms with Gasteiger partial charge in [0.1, 0.15) is 0 Å². The molecule has 0 atom stereocenters. The van der Waals surface area contributed by atoms with Crippen LogP contribution in [-0.4, -0.2) is 28.4 Å². The van der Waals surface area contributed by atoms with Gasteiger partial charge in [-0.2, -0.15) is 0 Å². The van der Waals surface area contributed by atoms with Crippen LogP contribution in [0.1, 0.15) is 26.3 Å². The van der Waals surface area contributed by atoms with E-state index in [1.807, 2.05) is 51.1 Å². The Labute approximate surface area is 197 Å². The SMILES string of the molecule is CCOc1ccc2cn(-c3ccc(N)c(C=NC(C)C)c3)c(=O)c(-c3ccc(Cl)cc3)c2n1. The summed E-state index contributed by atoms with van der Waals surface area (Å²) in [5.41, 5.74) is 9.75. The van der Waals surface area contributed by atoms with E-state index in [4.69, 9.17) is 22.1 Å². The van der Waals surface area contributed by atoms with Gasteiger partial charge >= 0.3 is 0 Å². The molecule has 0 unspecified atom stereocenters. The van der Waals surface area contributed by atoms with E-state index in [0.717, 1.165) is 16.5 Å². The van der Waals surface area contributed by atoms with Gasteiger partial charge in [-0.15, -0.1) is 0 Å². The Balaban J connectivity index is 1.98. The van der Waals surface area contributed by atoms with Crippen molar-refractivity contribution in [1.29, 1.82) is 0 Å². The Bertz CT molecular complexity index is 1390. The van der Waals surface area contributed by atoms with Crippen molar-refractivity contribution in [1.82, 2.24) is 9.55 Å². The lowest BCUT2D eigenvalue weighted by molar-refractivity contribution is 0.328. The van der Waals surface area contributed by atoms with Crippen LogP contribution in [0, 0.1) is 0 Å². The van der Waals surface area contributed by atoms with Gasteiger partial charge in [-0.3, -0.25) is 14.4 Å². The number of fused-ring (bicyclic) bond motifs is 1. The van der Waals surface area contributed by atoms with E-state index in [-0.39, 0.29) is 11.6 Å². The van der Waals surface area contributed by atoms with Crippen LogP contribution in [0.2, 0.25) is 5.02 Å². The maximum atomic E-state index is 13.8. The summed E-state index contributed by atoms with van der Waals surface area (Å²) in [5, 5.41) is 1.40. The number of nitrogen functional groups attached to an aromatic ring is 1. The lowest BCUT2D eigenvalue weighted by atomic mass is 10.0.